The molecular weight excluding hydrogens is 644 g/mol. The van der Waals surface area contributed by atoms with Crippen LogP contribution < -0.4 is 26.0 Å². The van der Waals surface area contributed by atoms with Gasteiger partial charge in [0, 0.05) is 30.2 Å². The van der Waals surface area contributed by atoms with Crippen molar-refractivity contribution in [2.45, 2.75) is 84.5 Å². The number of likely N-dealkylation sites (tertiary alicyclic amines) is 2. The van der Waals surface area contributed by atoms with Crippen molar-refractivity contribution in [1.29, 1.82) is 0 Å². The molecule has 2 fully saturated rings. The summed E-state index contributed by atoms with van der Waals surface area (Å²) in [5.74, 6) is 0.172. The molecule has 13 heteroatoms. The Labute approximate surface area is 295 Å². The summed E-state index contributed by atoms with van der Waals surface area (Å²) < 4.78 is 5.65. The smallest absolute Gasteiger partial charge is 0.247 e. The van der Waals surface area contributed by atoms with Crippen molar-refractivity contribution in [2.24, 2.45) is 5.41 Å². The van der Waals surface area contributed by atoms with Crippen LogP contribution in [0.5, 0.6) is 5.75 Å². The molecule has 0 aliphatic carbocycles. The highest BCUT2D eigenvalue weighted by molar-refractivity contribution is 6.03. The Morgan fingerprint density at radius 1 is 1.00 bits per heavy atom. The molecule has 0 radical (unpaired) electrons. The van der Waals surface area contributed by atoms with Crippen LogP contribution in [0, 0.1) is 5.41 Å². The SMILES string of the molecule is CNC(C)C(=O)NC(C(=O)N1CCCC1C(=O)Nc1cc2c(Nc3ccc(CN4CCCCC4)cc3)ncnc2cc1OC)C(C)(C)C.Cl. The predicted octanol–water partition coefficient (Wildman–Crippen LogP) is 4.86. The molecule has 2 aliphatic rings. The molecule has 2 aromatic carbocycles. The van der Waals surface area contributed by atoms with E-state index in [1.807, 2.05) is 20.8 Å². The largest absolute Gasteiger partial charge is 0.494 e. The molecule has 3 unspecified atom stereocenters. The molecule has 0 saturated carbocycles. The van der Waals surface area contributed by atoms with Gasteiger partial charge in [-0.3, -0.25) is 19.3 Å². The highest BCUT2D eigenvalue weighted by Crippen LogP contribution is 2.34. The summed E-state index contributed by atoms with van der Waals surface area (Å²) in [7, 11) is 3.23. The first-order valence-corrected chi connectivity index (χ1v) is 17.0. The number of rotatable bonds is 11. The van der Waals surface area contributed by atoms with Gasteiger partial charge in [0.1, 0.15) is 30.0 Å². The van der Waals surface area contributed by atoms with Crippen LogP contribution in [0.15, 0.2) is 42.7 Å². The molecule has 5 rings (SSSR count). The quantitative estimate of drug-likeness (QED) is 0.222. The first-order chi connectivity index (χ1) is 23.0. The standard InChI is InChI=1S/C36H50N8O4.ClH/c1-23(37-5)33(45)42-31(36(2,3)4)35(47)44-18-10-11-29(44)34(46)41-28-19-26-27(20-30(28)48-6)38-22-39-32(26)40-25-14-12-24(13-15-25)21-43-16-8-7-9-17-43;/h12-15,19-20,22-23,29,31,37H,7-11,16-18,21H2,1-6H3,(H,41,46)(H,42,45)(H,38,39,40);1H. The second-order valence-electron chi connectivity index (χ2n) is 13.9. The molecule has 3 atom stereocenters. The van der Waals surface area contributed by atoms with Gasteiger partial charge in [-0.15, -0.1) is 12.4 Å². The third kappa shape index (κ3) is 9.17. The molecular formula is C36H51ClN8O4. The normalized spacial score (nSPS) is 17.9. The molecule has 3 heterocycles. The molecule has 0 spiro atoms. The Kier molecular flexibility index (Phi) is 12.8. The van der Waals surface area contributed by atoms with Gasteiger partial charge in [0.05, 0.1) is 24.4 Å². The Bertz CT molecular complexity index is 1610. The second-order valence-corrected chi connectivity index (χ2v) is 13.9. The van der Waals surface area contributed by atoms with Crippen LogP contribution in [0.25, 0.3) is 10.9 Å². The van der Waals surface area contributed by atoms with Crippen LogP contribution in [0.3, 0.4) is 0 Å². The van der Waals surface area contributed by atoms with Gasteiger partial charge in [0.2, 0.25) is 17.7 Å². The van der Waals surface area contributed by atoms with Crippen LogP contribution in [0.4, 0.5) is 17.2 Å². The lowest BCUT2D eigenvalue weighted by molar-refractivity contribution is -0.143. The highest BCUT2D eigenvalue weighted by atomic mass is 35.5. The zero-order chi connectivity index (χ0) is 34.4. The Hall–Kier alpha value is -4.00. The fraction of sp³-hybridized carbons (Fsp3) is 0.528. The number of anilines is 3. The molecule has 4 N–H and O–H groups in total. The number of fused-ring (bicyclic) bond motifs is 1. The molecule has 49 heavy (non-hydrogen) atoms. The molecule has 12 nitrogen and oxygen atoms in total. The van der Waals surface area contributed by atoms with E-state index < -0.39 is 23.5 Å². The lowest BCUT2D eigenvalue weighted by Gasteiger charge is -2.36. The molecule has 2 saturated heterocycles. The Morgan fingerprint density at radius 2 is 1.71 bits per heavy atom. The molecule has 266 valence electrons. The highest BCUT2D eigenvalue weighted by Gasteiger charge is 2.42. The summed E-state index contributed by atoms with van der Waals surface area (Å²) in [5, 5.41) is 13.0. The number of ether oxygens (including phenoxy) is 1. The predicted molar refractivity (Wildman–Crippen MR) is 195 cm³/mol. The maximum atomic E-state index is 13.9. The average Bonchev–Trinajstić information content (AvgIpc) is 3.58. The Morgan fingerprint density at radius 3 is 2.37 bits per heavy atom. The van der Waals surface area contributed by atoms with Gasteiger partial charge in [-0.2, -0.15) is 0 Å². The van der Waals surface area contributed by atoms with Crippen LogP contribution >= 0.6 is 12.4 Å². The van der Waals surface area contributed by atoms with Crippen molar-refractivity contribution in [3.05, 3.63) is 48.3 Å². The van der Waals surface area contributed by atoms with Gasteiger partial charge >= 0.3 is 0 Å². The molecule has 3 amide bonds. The van der Waals surface area contributed by atoms with Crippen LogP contribution in [0.1, 0.15) is 65.4 Å². The first-order valence-electron chi connectivity index (χ1n) is 17.0. The average molecular weight is 695 g/mol. The van der Waals surface area contributed by atoms with Gasteiger partial charge in [-0.25, -0.2) is 9.97 Å². The summed E-state index contributed by atoms with van der Waals surface area (Å²) in [6.45, 7) is 11.1. The number of hydrogen-bond donors (Lipinski definition) is 4. The van der Waals surface area contributed by atoms with Gasteiger partial charge in [-0.05, 0) is 81.9 Å². The Balaban J connectivity index is 0.00000541. The number of carbonyl (C=O) groups is 3. The number of methoxy groups -OCH3 is 1. The molecule has 0 bridgehead atoms. The molecule has 2 aliphatic heterocycles. The van der Waals surface area contributed by atoms with Crippen molar-refractivity contribution in [3.63, 3.8) is 0 Å². The van der Waals surface area contributed by atoms with E-state index in [0.29, 0.717) is 47.5 Å². The zero-order valence-electron chi connectivity index (χ0n) is 29.5. The maximum Gasteiger partial charge on any atom is 0.247 e. The summed E-state index contributed by atoms with van der Waals surface area (Å²) in [4.78, 5) is 53.5. The van der Waals surface area contributed by atoms with E-state index in [1.165, 1.54) is 38.3 Å². The first kappa shape index (κ1) is 37.8. The summed E-state index contributed by atoms with van der Waals surface area (Å²) >= 11 is 0. The van der Waals surface area contributed by atoms with Gasteiger partial charge in [0.25, 0.3) is 0 Å². The summed E-state index contributed by atoms with van der Waals surface area (Å²) in [5.41, 5.74) is 2.70. The third-order valence-electron chi connectivity index (χ3n) is 9.35. The van der Waals surface area contributed by atoms with E-state index in [4.69, 9.17) is 4.74 Å². The van der Waals surface area contributed by atoms with E-state index in [9.17, 15) is 14.4 Å². The summed E-state index contributed by atoms with van der Waals surface area (Å²) in [6.07, 6.45) is 6.52. The molecule has 3 aromatic rings. The number of nitrogens with one attached hydrogen (secondary N) is 4. The van der Waals surface area contributed by atoms with Crippen LogP contribution in [0.2, 0.25) is 0 Å². The minimum Gasteiger partial charge on any atom is -0.494 e. The number of halogens is 1. The second kappa shape index (κ2) is 16.6. The van der Waals surface area contributed by atoms with E-state index in [0.717, 1.165) is 25.3 Å². The topological polar surface area (TPSA) is 141 Å². The maximum absolute atomic E-state index is 13.9. The zero-order valence-corrected chi connectivity index (χ0v) is 30.3. The number of hydrogen-bond acceptors (Lipinski definition) is 9. The number of piperidine rings is 1. The summed E-state index contributed by atoms with van der Waals surface area (Å²) in [6, 6.07) is 10.00. The van der Waals surface area contributed by atoms with Crippen molar-refractivity contribution in [2.75, 3.05) is 44.4 Å². The lowest BCUT2D eigenvalue weighted by atomic mass is 9.85. The van der Waals surface area contributed by atoms with E-state index in [2.05, 4.69) is 60.4 Å². The number of benzene rings is 2. The fourth-order valence-electron chi connectivity index (χ4n) is 6.39. The van der Waals surface area contributed by atoms with Gasteiger partial charge in [-0.1, -0.05) is 39.3 Å². The van der Waals surface area contributed by atoms with E-state index in [-0.39, 0.29) is 30.1 Å². The van der Waals surface area contributed by atoms with Crippen molar-refractivity contribution >= 4 is 58.2 Å². The van der Waals surface area contributed by atoms with Crippen LogP contribution in [-0.4, -0.2) is 89.4 Å². The van der Waals surface area contributed by atoms with Crippen molar-refractivity contribution in [1.82, 2.24) is 30.4 Å². The number of carbonyl (C=O) groups excluding carboxylic acids is 3. The van der Waals surface area contributed by atoms with E-state index >= 15 is 0 Å². The lowest BCUT2D eigenvalue weighted by Crippen LogP contribution is -2.59. The van der Waals surface area contributed by atoms with Gasteiger partial charge < -0.3 is 30.9 Å². The number of nitrogens with zero attached hydrogens (tertiary/aromatic N) is 4. The number of aromatic nitrogens is 2. The number of amides is 3. The van der Waals surface area contributed by atoms with Crippen LogP contribution in [-0.2, 0) is 20.9 Å². The van der Waals surface area contributed by atoms with Crippen molar-refractivity contribution in [3.8, 4) is 5.75 Å². The molecule has 1 aromatic heterocycles. The third-order valence-corrected chi connectivity index (χ3v) is 9.35. The van der Waals surface area contributed by atoms with Crippen molar-refractivity contribution < 1.29 is 19.1 Å². The fourth-order valence-corrected chi connectivity index (χ4v) is 6.39. The minimum atomic E-state index is -0.797. The minimum absolute atomic E-state index is 0. The monoisotopic (exact) mass is 694 g/mol. The van der Waals surface area contributed by atoms with E-state index in [1.54, 1.807) is 31.0 Å². The number of likely N-dealkylation sites (N-methyl/N-ethyl adjacent to an activating group) is 1. The van der Waals surface area contributed by atoms with Gasteiger partial charge in [0.15, 0.2) is 0 Å².